The van der Waals surface area contributed by atoms with E-state index in [1.165, 1.54) is 17.9 Å². The van der Waals surface area contributed by atoms with Crippen LogP contribution in [0.5, 0.6) is 5.75 Å². The lowest BCUT2D eigenvalue weighted by atomic mass is 10.1. The lowest BCUT2D eigenvalue weighted by Gasteiger charge is -2.13. The molecule has 0 fully saturated rings. The van der Waals surface area contributed by atoms with E-state index in [1.54, 1.807) is 24.7 Å². The summed E-state index contributed by atoms with van der Waals surface area (Å²) in [5, 5.41) is 12.7. The van der Waals surface area contributed by atoms with Gasteiger partial charge >= 0.3 is 0 Å². The Morgan fingerprint density at radius 3 is 2.76 bits per heavy atom. The highest BCUT2D eigenvalue weighted by Gasteiger charge is 2.12. The molecule has 5 rings (SSSR count). The van der Waals surface area contributed by atoms with E-state index in [4.69, 9.17) is 4.74 Å². The molecule has 0 radical (unpaired) electrons. The summed E-state index contributed by atoms with van der Waals surface area (Å²) < 4.78 is 8.33. The summed E-state index contributed by atoms with van der Waals surface area (Å²) in [5.74, 6) is 0.185. The molecule has 0 aliphatic rings. The van der Waals surface area contributed by atoms with Crippen LogP contribution in [0.3, 0.4) is 0 Å². The molecule has 2 aromatic carbocycles. The summed E-state index contributed by atoms with van der Waals surface area (Å²) in [6, 6.07) is 15.0. The van der Waals surface area contributed by atoms with Crippen molar-refractivity contribution in [2.24, 2.45) is 7.05 Å². The fourth-order valence-corrected chi connectivity index (χ4v) is 3.91. The smallest absolute Gasteiger partial charge is 0.261 e. The number of amides is 1. The standard InChI is InChI=1S/C25H22N6O3/c1-30-22-7-6-18(10-17(22)12-27-30)28-21-5-3-4-16-8-9-31(25(33)24(16)21)15-23(32)29-19-11-20(34-2)14-26-13-19/h3-14,28H,15H2,1-2H3,(H,29,32). The number of aromatic nitrogens is 4. The maximum atomic E-state index is 13.3. The average Bonchev–Trinajstić information content (AvgIpc) is 3.21. The van der Waals surface area contributed by atoms with Crippen molar-refractivity contribution >= 4 is 44.6 Å². The Balaban J connectivity index is 1.44. The molecule has 5 aromatic rings. The molecule has 3 heterocycles. The minimum absolute atomic E-state index is 0.137. The molecule has 2 N–H and O–H groups in total. The van der Waals surface area contributed by atoms with Crippen LogP contribution in [0, 0.1) is 0 Å². The van der Waals surface area contributed by atoms with E-state index >= 15 is 0 Å². The normalized spacial score (nSPS) is 11.0. The van der Waals surface area contributed by atoms with E-state index in [9.17, 15) is 9.59 Å². The minimum Gasteiger partial charge on any atom is -0.495 e. The van der Waals surface area contributed by atoms with Crippen molar-refractivity contribution < 1.29 is 9.53 Å². The second-order valence-electron chi connectivity index (χ2n) is 7.85. The quantitative estimate of drug-likeness (QED) is 0.406. The highest BCUT2D eigenvalue weighted by atomic mass is 16.5. The van der Waals surface area contributed by atoms with Crippen LogP contribution in [0.2, 0.25) is 0 Å². The number of methoxy groups -OCH3 is 1. The highest BCUT2D eigenvalue weighted by molar-refractivity contribution is 5.96. The Labute approximate surface area is 194 Å². The van der Waals surface area contributed by atoms with E-state index in [1.807, 2.05) is 54.2 Å². The molecule has 1 amide bonds. The van der Waals surface area contributed by atoms with Gasteiger partial charge < -0.3 is 19.9 Å². The molecule has 34 heavy (non-hydrogen) atoms. The number of carbonyl (C=O) groups excluding carboxylic acids is 1. The van der Waals surface area contributed by atoms with Gasteiger partial charge in [-0.1, -0.05) is 12.1 Å². The van der Waals surface area contributed by atoms with Crippen molar-refractivity contribution in [2.75, 3.05) is 17.7 Å². The van der Waals surface area contributed by atoms with Crippen LogP contribution < -0.4 is 20.9 Å². The molecular weight excluding hydrogens is 432 g/mol. The third-order valence-corrected chi connectivity index (χ3v) is 5.58. The topological polar surface area (TPSA) is 103 Å². The lowest BCUT2D eigenvalue weighted by molar-refractivity contribution is -0.116. The van der Waals surface area contributed by atoms with Crippen LogP contribution in [0.25, 0.3) is 21.7 Å². The van der Waals surface area contributed by atoms with Gasteiger partial charge in [0.1, 0.15) is 12.3 Å². The Hall–Kier alpha value is -4.66. The number of rotatable bonds is 6. The first-order valence-electron chi connectivity index (χ1n) is 10.6. The van der Waals surface area contributed by atoms with Crippen molar-refractivity contribution in [1.29, 1.82) is 0 Å². The Morgan fingerprint density at radius 1 is 1.03 bits per heavy atom. The number of ether oxygens (including phenoxy) is 1. The van der Waals surface area contributed by atoms with Gasteiger partial charge in [-0.15, -0.1) is 0 Å². The summed E-state index contributed by atoms with van der Waals surface area (Å²) in [5.41, 5.74) is 2.75. The second-order valence-corrected chi connectivity index (χ2v) is 7.85. The number of pyridine rings is 2. The summed E-state index contributed by atoms with van der Waals surface area (Å²) in [6.07, 6.45) is 6.49. The molecule has 0 aliphatic carbocycles. The highest BCUT2D eigenvalue weighted by Crippen LogP contribution is 2.26. The van der Waals surface area contributed by atoms with Crippen LogP contribution in [0.1, 0.15) is 0 Å². The molecule has 170 valence electrons. The van der Waals surface area contributed by atoms with Crippen molar-refractivity contribution in [3.63, 3.8) is 0 Å². The number of benzene rings is 2. The van der Waals surface area contributed by atoms with Crippen LogP contribution in [-0.4, -0.2) is 32.3 Å². The third kappa shape index (κ3) is 4.06. The SMILES string of the molecule is COc1cncc(NC(=O)Cn2ccc3cccc(Nc4ccc5c(cnn5C)c4)c3c2=O)c1. The molecule has 9 heteroatoms. The van der Waals surface area contributed by atoms with Gasteiger partial charge in [-0.05, 0) is 35.7 Å². The first kappa shape index (κ1) is 21.2. The fourth-order valence-electron chi connectivity index (χ4n) is 3.91. The lowest BCUT2D eigenvalue weighted by Crippen LogP contribution is -2.27. The molecule has 3 aromatic heterocycles. The predicted octanol–water partition coefficient (Wildman–Crippen LogP) is 3.67. The zero-order valence-electron chi connectivity index (χ0n) is 18.6. The number of hydrogen-bond acceptors (Lipinski definition) is 6. The van der Waals surface area contributed by atoms with Crippen molar-refractivity contribution in [3.05, 3.63) is 83.7 Å². The van der Waals surface area contributed by atoms with Gasteiger partial charge in [0.05, 0.1) is 48.0 Å². The van der Waals surface area contributed by atoms with Crippen LogP contribution in [-0.2, 0) is 18.4 Å². The summed E-state index contributed by atoms with van der Waals surface area (Å²) in [6.45, 7) is -0.137. The Kier molecular flexibility index (Phi) is 5.43. The number of hydrogen-bond donors (Lipinski definition) is 2. The summed E-state index contributed by atoms with van der Waals surface area (Å²) in [7, 11) is 3.42. The maximum absolute atomic E-state index is 13.3. The number of anilines is 3. The summed E-state index contributed by atoms with van der Waals surface area (Å²) >= 11 is 0. The van der Waals surface area contributed by atoms with Crippen LogP contribution in [0.4, 0.5) is 17.1 Å². The van der Waals surface area contributed by atoms with Crippen LogP contribution >= 0.6 is 0 Å². The molecular formula is C25H22N6O3. The molecule has 0 atom stereocenters. The molecule has 0 aliphatic heterocycles. The maximum Gasteiger partial charge on any atom is 0.261 e. The van der Waals surface area contributed by atoms with E-state index in [0.29, 0.717) is 22.5 Å². The summed E-state index contributed by atoms with van der Waals surface area (Å²) in [4.78, 5) is 30.0. The van der Waals surface area contributed by atoms with Gasteiger partial charge in [0.25, 0.3) is 5.56 Å². The van der Waals surface area contributed by atoms with Gasteiger partial charge in [-0.25, -0.2) is 0 Å². The van der Waals surface area contributed by atoms with E-state index in [-0.39, 0.29) is 18.0 Å². The Bertz CT molecular complexity index is 1590. The van der Waals surface area contributed by atoms with Crippen molar-refractivity contribution in [2.45, 2.75) is 6.54 Å². The van der Waals surface area contributed by atoms with Gasteiger partial charge in [-0.2, -0.15) is 5.10 Å². The molecule has 0 saturated heterocycles. The van der Waals surface area contributed by atoms with Gasteiger partial charge in [0.15, 0.2) is 0 Å². The van der Waals surface area contributed by atoms with Gasteiger partial charge in [-0.3, -0.25) is 19.3 Å². The molecule has 0 bridgehead atoms. The van der Waals surface area contributed by atoms with Gasteiger partial charge in [0, 0.05) is 30.4 Å². The number of carbonyl (C=O) groups is 1. The van der Waals surface area contributed by atoms with Crippen molar-refractivity contribution in [3.8, 4) is 5.75 Å². The fraction of sp³-hybridized carbons (Fsp3) is 0.120. The minimum atomic E-state index is -0.344. The third-order valence-electron chi connectivity index (χ3n) is 5.58. The molecule has 0 unspecified atom stereocenters. The number of nitrogens with zero attached hydrogens (tertiary/aromatic N) is 4. The second kappa shape index (κ2) is 8.70. The van der Waals surface area contributed by atoms with E-state index in [2.05, 4.69) is 20.7 Å². The zero-order chi connectivity index (χ0) is 23.7. The monoisotopic (exact) mass is 454 g/mol. The largest absolute Gasteiger partial charge is 0.495 e. The average molecular weight is 454 g/mol. The molecule has 9 nitrogen and oxygen atoms in total. The Morgan fingerprint density at radius 2 is 1.91 bits per heavy atom. The first-order chi connectivity index (χ1) is 16.5. The molecule has 0 saturated carbocycles. The van der Waals surface area contributed by atoms with Crippen LogP contribution in [0.15, 0.2) is 78.1 Å². The van der Waals surface area contributed by atoms with Crippen molar-refractivity contribution in [1.82, 2.24) is 19.3 Å². The number of nitrogens with one attached hydrogen (secondary N) is 2. The molecule has 0 spiro atoms. The zero-order valence-corrected chi connectivity index (χ0v) is 18.6. The number of aryl methyl sites for hydroxylation is 1. The predicted molar refractivity (Wildman–Crippen MR) is 132 cm³/mol. The van der Waals surface area contributed by atoms with E-state index < -0.39 is 0 Å². The first-order valence-corrected chi connectivity index (χ1v) is 10.6. The van der Waals surface area contributed by atoms with E-state index in [0.717, 1.165) is 22.0 Å². The van der Waals surface area contributed by atoms with Gasteiger partial charge in [0.2, 0.25) is 5.91 Å². The number of fused-ring (bicyclic) bond motifs is 2.